The molecule has 0 aliphatic heterocycles. The molecule has 1 aromatic heterocycles. The summed E-state index contributed by atoms with van der Waals surface area (Å²) < 4.78 is 1.51. The Kier molecular flexibility index (Phi) is 4.26. The predicted octanol–water partition coefficient (Wildman–Crippen LogP) is 2.91. The van der Waals surface area contributed by atoms with E-state index in [0.717, 1.165) is 12.8 Å². The minimum Gasteiger partial charge on any atom is -0.478 e. The number of rotatable bonds is 5. The van der Waals surface area contributed by atoms with E-state index in [1.165, 1.54) is 28.5 Å². The zero-order valence-electron chi connectivity index (χ0n) is 12.2. The third-order valence-electron chi connectivity index (χ3n) is 3.68. The molecule has 0 aliphatic carbocycles. The average molecular weight is 285 g/mol. The molecular weight excluding hydrogens is 266 g/mol. The number of nitrogens with zero attached hydrogens (tertiary/aromatic N) is 1. The van der Waals surface area contributed by atoms with Crippen molar-refractivity contribution in [3.8, 4) is 0 Å². The molecule has 0 atom stereocenters. The highest BCUT2D eigenvalue weighted by Crippen LogP contribution is 2.21. The number of carboxylic acids is 1. The molecule has 0 saturated heterocycles. The lowest BCUT2D eigenvalue weighted by molar-refractivity contribution is 0.0695. The molecule has 1 aromatic carbocycles. The Labute approximate surface area is 123 Å². The van der Waals surface area contributed by atoms with Crippen LogP contribution in [0.25, 0.3) is 0 Å². The number of benzene rings is 1. The van der Waals surface area contributed by atoms with Crippen molar-refractivity contribution in [1.29, 1.82) is 0 Å². The van der Waals surface area contributed by atoms with Gasteiger partial charge in [-0.3, -0.25) is 4.79 Å². The van der Waals surface area contributed by atoms with Gasteiger partial charge in [-0.05, 0) is 38.3 Å². The second-order valence-corrected chi connectivity index (χ2v) is 5.73. The smallest absolute Gasteiger partial charge is 0.337 e. The van der Waals surface area contributed by atoms with E-state index >= 15 is 0 Å². The molecule has 2 rings (SSSR count). The molecule has 0 saturated carbocycles. The van der Waals surface area contributed by atoms with Crippen LogP contribution < -0.4 is 5.56 Å². The maximum absolute atomic E-state index is 12.0. The summed E-state index contributed by atoms with van der Waals surface area (Å²) in [5.74, 6) is -1.03. The molecule has 0 aliphatic rings. The molecular formula is C17H19NO3. The van der Waals surface area contributed by atoms with Gasteiger partial charge in [0.15, 0.2) is 0 Å². The van der Waals surface area contributed by atoms with E-state index < -0.39 is 11.5 Å². The SMILES string of the molecule is CC(C)(CCc1ccccc1)n1cc(C(=O)O)ccc1=O. The average Bonchev–Trinajstić information content (AvgIpc) is 2.46. The summed E-state index contributed by atoms with van der Waals surface area (Å²) in [6.07, 6.45) is 3.01. The first-order valence-electron chi connectivity index (χ1n) is 6.90. The van der Waals surface area contributed by atoms with Gasteiger partial charge in [-0.25, -0.2) is 4.79 Å². The van der Waals surface area contributed by atoms with Gasteiger partial charge in [0.1, 0.15) is 0 Å². The first-order valence-corrected chi connectivity index (χ1v) is 6.90. The molecule has 0 unspecified atom stereocenters. The Morgan fingerprint density at radius 3 is 2.43 bits per heavy atom. The predicted molar refractivity (Wildman–Crippen MR) is 81.7 cm³/mol. The van der Waals surface area contributed by atoms with Crippen LogP contribution in [-0.2, 0) is 12.0 Å². The van der Waals surface area contributed by atoms with E-state index in [9.17, 15) is 9.59 Å². The summed E-state index contributed by atoms with van der Waals surface area (Å²) in [5, 5.41) is 9.06. The topological polar surface area (TPSA) is 59.3 Å². The number of aryl methyl sites for hydroxylation is 1. The highest BCUT2D eigenvalue weighted by atomic mass is 16.4. The zero-order chi connectivity index (χ0) is 15.5. The Hall–Kier alpha value is -2.36. The van der Waals surface area contributed by atoms with Crippen molar-refractivity contribution >= 4 is 5.97 Å². The van der Waals surface area contributed by atoms with Crippen molar-refractivity contribution in [3.63, 3.8) is 0 Å². The lowest BCUT2D eigenvalue weighted by Gasteiger charge is -2.28. The Bertz CT molecular complexity index is 687. The molecule has 110 valence electrons. The van der Waals surface area contributed by atoms with Crippen LogP contribution in [0.15, 0.2) is 53.5 Å². The number of carbonyl (C=O) groups is 1. The minimum atomic E-state index is -1.03. The molecule has 4 nitrogen and oxygen atoms in total. The molecule has 4 heteroatoms. The largest absolute Gasteiger partial charge is 0.478 e. The minimum absolute atomic E-state index is 0.127. The number of hydrogen-bond acceptors (Lipinski definition) is 2. The van der Waals surface area contributed by atoms with Crippen molar-refractivity contribution < 1.29 is 9.90 Å². The number of aromatic nitrogens is 1. The van der Waals surface area contributed by atoms with Crippen LogP contribution in [-0.4, -0.2) is 15.6 Å². The first-order chi connectivity index (χ1) is 9.90. The maximum atomic E-state index is 12.0. The van der Waals surface area contributed by atoms with Crippen molar-refractivity contribution in [3.05, 3.63) is 70.1 Å². The summed E-state index contributed by atoms with van der Waals surface area (Å²) in [4.78, 5) is 23.1. The molecule has 0 radical (unpaired) electrons. The van der Waals surface area contributed by atoms with Gasteiger partial charge < -0.3 is 9.67 Å². The molecule has 0 bridgehead atoms. The van der Waals surface area contributed by atoms with E-state index in [4.69, 9.17) is 5.11 Å². The van der Waals surface area contributed by atoms with E-state index in [2.05, 4.69) is 0 Å². The molecule has 0 fully saturated rings. The standard InChI is InChI=1S/C17H19NO3/c1-17(2,11-10-13-6-4-3-5-7-13)18-12-14(16(20)21)8-9-15(18)19/h3-9,12H,10-11H2,1-2H3,(H,20,21). The van der Waals surface area contributed by atoms with Crippen LogP contribution in [0, 0.1) is 0 Å². The second-order valence-electron chi connectivity index (χ2n) is 5.73. The van der Waals surface area contributed by atoms with E-state index in [0.29, 0.717) is 0 Å². The Morgan fingerprint density at radius 1 is 1.14 bits per heavy atom. The third-order valence-corrected chi connectivity index (χ3v) is 3.68. The number of carboxylic acid groups (broad SMARTS) is 1. The second kappa shape index (κ2) is 5.95. The summed E-state index contributed by atoms with van der Waals surface area (Å²) in [6.45, 7) is 3.89. The fraction of sp³-hybridized carbons (Fsp3) is 0.294. The molecule has 0 spiro atoms. The summed E-state index contributed by atoms with van der Waals surface area (Å²) in [7, 11) is 0. The maximum Gasteiger partial charge on any atom is 0.337 e. The highest BCUT2D eigenvalue weighted by Gasteiger charge is 2.22. The monoisotopic (exact) mass is 285 g/mol. The quantitative estimate of drug-likeness (QED) is 0.919. The van der Waals surface area contributed by atoms with Gasteiger partial charge in [-0.1, -0.05) is 30.3 Å². The van der Waals surface area contributed by atoms with Gasteiger partial charge in [0.25, 0.3) is 5.56 Å². The Morgan fingerprint density at radius 2 is 1.81 bits per heavy atom. The number of hydrogen-bond donors (Lipinski definition) is 1. The molecule has 0 amide bonds. The fourth-order valence-electron chi connectivity index (χ4n) is 2.30. The molecule has 2 aromatic rings. The summed E-state index contributed by atoms with van der Waals surface area (Å²) >= 11 is 0. The van der Waals surface area contributed by atoms with Crippen LogP contribution in [0.5, 0.6) is 0 Å². The lowest BCUT2D eigenvalue weighted by Crippen LogP contribution is -2.36. The molecule has 1 heterocycles. The van der Waals surface area contributed by atoms with Crippen LogP contribution in [0.1, 0.15) is 36.2 Å². The van der Waals surface area contributed by atoms with Crippen molar-refractivity contribution in [2.75, 3.05) is 0 Å². The van der Waals surface area contributed by atoms with Gasteiger partial charge >= 0.3 is 5.97 Å². The van der Waals surface area contributed by atoms with Crippen LogP contribution in [0.4, 0.5) is 0 Å². The van der Waals surface area contributed by atoms with Crippen molar-refractivity contribution in [2.45, 2.75) is 32.2 Å². The number of pyridine rings is 1. The van der Waals surface area contributed by atoms with Gasteiger partial charge in [0.05, 0.1) is 5.56 Å². The summed E-state index contributed by atoms with van der Waals surface area (Å²) in [6, 6.07) is 12.7. The van der Waals surface area contributed by atoms with Crippen LogP contribution >= 0.6 is 0 Å². The van der Waals surface area contributed by atoms with Gasteiger partial charge in [0.2, 0.25) is 0 Å². The van der Waals surface area contributed by atoms with E-state index in [1.807, 2.05) is 44.2 Å². The van der Waals surface area contributed by atoms with Crippen LogP contribution in [0.2, 0.25) is 0 Å². The van der Waals surface area contributed by atoms with Crippen LogP contribution in [0.3, 0.4) is 0 Å². The normalized spacial score (nSPS) is 11.3. The molecule has 21 heavy (non-hydrogen) atoms. The van der Waals surface area contributed by atoms with Gasteiger partial charge in [-0.2, -0.15) is 0 Å². The summed E-state index contributed by atoms with van der Waals surface area (Å²) in [5.41, 5.74) is 0.701. The number of aromatic carboxylic acids is 1. The highest BCUT2D eigenvalue weighted by molar-refractivity contribution is 5.87. The third kappa shape index (κ3) is 3.60. The van der Waals surface area contributed by atoms with Crippen molar-refractivity contribution in [2.24, 2.45) is 0 Å². The van der Waals surface area contributed by atoms with Gasteiger partial charge in [-0.15, -0.1) is 0 Å². The fourth-order valence-corrected chi connectivity index (χ4v) is 2.30. The van der Waals surface area contributed by atoms with Gasteiger partial charge in [0, 0.05) is 17.8 Å². The van der Waals surface area contributed by atoms with E-state index in [-0.39, 0.29) is 11.1 Å². The van der Waals surface area contributed by atoms with E-state index in [1.54, 1.807) is 0 Å². The lowest BCUT2D eigenvalue weighted by atomic mass is 9.94. The van der Waals surface area contributed by atoms with Crippen molar-refractivity contribution in [1.82, 2.24) is 4.57 Å². The molecule has 1 N–H and O–H groups in total. The zero-order valence-corrected chi connectivity index (χ0v) is 12.2. The first kappa shape index (κ1) is 15.0. The Balaban J connectivity index is 2.24.